The summed E-state index contributed by atoms with van der Waals surface area (Å²) in [7, 11) is 1.68. The second-order valence-corrected chi connectivity index (χ2v) is 3.25. The lowest BCUT2D eigenvalue weighted by molar-refractivity contribution is 0.404. The molecule has 0 saturated carbocycles. The van der Waals surface area contributed by atoms with Crippen LogP contribution < -0.4 is 4.74 Å². The molecule has 2 rings (SSSR count). The van der Waals surface area contributed by atoms with Crippen molar-refractivity contribution >= 4 is 0 Å². The maximum atomic E-state index is 5.28. The molecule has 2 nitrogen and oxygen atoms in total. The van der Waals surface area contributed by atoms with Crippen molar-refractivity contribution in [3.05, 3.63) is 48.3 Å². The minimum Gasteiger partial charge on any atom is -0.495 e. The number of aromatic nitrogens is 1. The first-order valence-electron chi connectivity index (χ1n) is 4.74. The van der Waals surface area contributed by atoms with E-state index in [2.05, 4.69) is 29.3 Å². The number of allylic oxidation sites excluding steroid dienone is 4. The summed E-state index contributed by atoms with van der Waals surface area (Å²) in [5, 5.41) is 0. The van der Waals surface area contributed by atoms with Crippen molar-refractivity contribution in [1.29, 1.82) is 0 Å². The summed E-state index contributed by atoms with van der Waals surface area (Å²) in [4.78, 5) is 4.36. The maximum Gasteiger partial charge on any atom is 0.140 e. The predicted octanol–water partition coefficient (Wildman–Crippen LogP) is 2.69. The van der Waals surface area contributed by atoms with E-state index in [1.165, 1.54) is 0 Å². The van der Waals surface area contributed by atoms with Crippen LogP contribution in [-0.4, -0.2) is 12.1 Å². The van der Waals surface area contributed by atoms with Crippen molar-refractivity contribution < 1.29 is 4.74 Å². The van der Waals surface area contributed by atoms with Crippen LogP contribution in [0.25, 0.3) is 0 Å². The van der Waals surface area contributed by atoms with Gasteiger partial charge in [0.2, 0.25) is 0 Å². The summed E-state index contributed by atoms with van der Waals surface area (Å²) in [6.07, 6.45) is 11.2. The number of pyridine rings is 1. The van der Waals surface area contributed by atoms with Gasteiger partial charge in [-0.2, -0.15) is 0 Å². The Kier molecular flexibility index (Phi) is 2.63. The van der Waals surface area contributed by atoms with Gasteiger partial charge in [-0.25, -0.2) is 0 Å². The third-order valence-corrected chi connectivity index (χ3v) is 2.35. The second kappa shape index (κ2) is 4.09. The van der Waals surface area contributed by atoms with Gasteiger partial charge >= 0.3 is 0 Å². The van der Waals surface area contributed by atoms with E-state index in [1.54, 1.807) is 7.11 Å². The summed E-state index contributed by atoms with van der Waals surface area (Å²) >= 11 is 0. The molecule has 0 fully saturated rings. The average Bonchev–Trinajstić information content (AvgIpc) is 2.30. The smallest absolute Gasteiger partial charge is 0.140 e. The Balaban J connectivity index is 2.31. The topological polar surface area (TPSA) is 22.1 Å². The highest BCUT2D eigenvalue weighted by atomic mass is 16.5. The first-order valence-corrected chi connectivity index (χ1v) is 4.74. The molecule has 0 aliphatic heterocycles. The molecular weight excluding hydrogens is 174 g/mol. The Labute approximate surface area is 83.9 Å². The standard InChI is InChI=1S/C12H13NO/c1-14-11-8-5-9-13-12(11)10-6-3-2-4-7-10/h2-6,8-10H,7H2,1H3. The van der Waals surface area contributed by atoms with E-state index in [-0.39, 0.29) is 0 Å². The minimum absolute atomic E-state index is 0.358. The van der Waals surface area contributed by atoms with Crippen LogP contribution in [0.1, 0.15) is 18.0 Å². The van der Waals surface area contributed by atoms with Gasteiger partial charge in [0.15, 0.2) is 0 Å². The summed E-state index contributed by atoms with van der Waals surface area (Å²) in [6, 6.07) is 3.85. The van der Waals surface area contributed by atoms with Gasteiger partial charge in [-0.05, 0) is 18.6 Å². The van der Waals surface area contributed by atoms with Crippen LogP contribution in [0.2, 0.25) is 0 Å². The molecule has 0 saturated heterocycles. The zero-order chi connectivity index (χ0) is 9.80. The Bertz CT molecular complexity index is 368. The molecule has 1 aromatic heterocycles. The molecule has 0 radical (unpaired) electrons. The Morgan fingerprint density at radius 1 is 1.43 bits per heavy atom. The van der Waals surface area contributed by atoms with Crippen molar-refractivity contribution in [2.75, 3.05) is 7.11 Å². The predicted molar refractivity (Wildman–Crippen MR) is 56.4 cm³/mol. The van der Waals surface area contributed by atoms with Gasteiger partial charge in [0.1, 0.15) is 5.75 Å². The molecule has 1 aromatic rings. The number of methoxy groups -OCH3 is 1. The van der Waals surface area contributed by atoms with Crippen molar-refractivity contribution in [1.82, 2.24) is 4.98 Å². The van der Waals surface area contributed by atoms with Crippen molar-refractivity contribution in [2.45, 2.75) is 12.3 Å². The fourth-order valence-electron chi connectivity index (χ4n) is 1.64. The van der Waals surface area contributed by atoms with Crippen LogP contribution in [0, 0.1) is 0 Å². The minimum atomic E-state index is 0.358. The summed E-state index contributed by atoms with van der Waals surface area (Å²) in [6.45, 7) is 0. The second-order valence-electron chi connectivity index (χ2n) is 3.25. The van der Waals surface area contributed by atoms with Gasteiger partial charge in [0.25, 0.3) is 0 Å². The maximum absolute atomic E-state index is 5.28. The molecule has 0 amide bonds. The van der Waals surface area contributed by atoms with Crippen LogP contribution in [0.5, 0.6) is 5.75 Å². The third-order valence-electron chi connectivity index (χ3n) is 2.35. The Hall–Kier alpha value is -1.57. The molecule has 72 valence electrons. The van der Waals surface area contributed by atoms with Gasteiger partial charge in [-0.15, -0.1) is 0 Å². The molecule has 14 heavy (non-hydrogen) atoms. The number of hydrogen-bond acceptors (Lipinski definition) is 2. The van der Waals surface area contributed by atoms with Crippen molar-refractivity contribution in [3.63, 3.8) is 0 Å². The first-order chi connectivity index (χ1) is 6.92. The van der Waals surface area contributed by atoms with Crippen LogP contribution >= 0.6 is 0 Å². The zero-order valence-electron chi connectivity index (χ0n) is 8.18. The van der Waals surface area contributed by atoms with Gasteiger partial charge in [0.05, 0.1) is 12.8 Å². The van der Waals surface area contributed by atoms with Gasteiger partial charge in [-0.1, -0.05) is 24.3 Å². The molecule has 1 aliphatic carbocycles. The van der Waals surface area contributed by atoms with E-state index in [9.17, 15) is 0 Å². The molecule has 1 unspecified atom stereocenters. The fraction of sp³-hybridized carbons (Fsp3) is 0.250. The number of ether oxygens (including phenoxy) is 1. The van der Waals surface area contributed by atoms with E-state index < -0.39 is 0 Å². The highest BCUT2D eigenvalue weighted by Gasteiger charge is 2.14. The van der Waals surface area contributed by atoms with Crippen LogP contribution in [0.15, 0.2) is 42.6 Å². The lowest BCUT2D eigenvalue weighted by atomic mass is 9.96. The molecule has 0 aromatic carbocycles. The van der Waals surface area contributed by atoms with Crippen LogP contribution in [0.3, 0.4) is 0 Å². The fourth-order valence-corrected chi connectivity index (χ4v) is 1.64. The molecule has 0 bridgehead atoms. The van der Waals surface area contributed by atoms with Crippen molar-refractivity contribution in [3.8, 4) is 5.75 Å². The molecule has 2 heteroatoms. The quantitative estimate of drug-likeness (QED) is 0.710. The lowest BCUT2D eigenvalue weighted by Crippen LogP contribution is -2.02. The van der Waals surface area contributed by atoms with E-state index in [0.29, 0.717) is 5.92 Å². The number of hydrogen-bond donors (Lipinski definition) is 0. The number of rotatable bonds is 2. The molecule has 1 heterocycles. The Morgan fingerprint density at radius 2 is 2.36 bits per heavy atom. The summed E-state index contributed by atoms with van der Waals surface area (Å²) in [5.74, 6) is 1.23. The molecule has 0 spiro atoms. The zero-order valence-corrected chi connectivity index (χ0v) is 8.18. The lowest BCUT2D eigenvalue weighted by Gasteiger charge is -2.15. The molecular formula is C12H13NO. The normalized spacial score (nSPS) is 19.6. The molecule has 1 aliphatic rings. The van der Waals surface area contributed by atoms with Gasteiger partial charge < -0.3 is 4.74 Å². The summed E-state index contributed by atoms with van der Waals surface area (Å²) < 4.78 is 5.28. The average molecular weight is 187 g/mol. The SMILES string of the molecule is COc1cccnc1C1C=CC=CC1. The van der Waals surface area contributed by atoms with E-state index in [0.717, 1.165) is 17.9 Å². The summed E-state index contributed by atoms with van der Waals surface area (Å²) in [5.41, 5.74) is 1.02. The highest BCUT2D eigenvalue weighted by molar-refractivity contribution is 5.34. The highest BCUT2D eigenvalue weighted by Crippen LogP contribution is 2.29. The van der Waals surface area contributed by atoms with Crippen LogP contribution in [-0.2, 0) is 0 Å². The Morgan fingerprint density at radius 3 is 3.07 bits per heavy atom. The van der Waals surface area contributed by atoms with Crippen LogP contribution in [0.4, 0.5) is 0 Å². The van der Waals surface area contributed by atoms with E-state index >= 15 is 0 Å². The van der Waals surface area contributed by atoms with E-state index in [4.69, 9.17) is 4.74 Å². The third kappa shape index (κ3) is 1.69. The molecule has 0 N–H and O–H groups in total. The monoisotopic (exact) mass is 187 g/mol. The van der Waals surface area contributed by atoms with Crippen molar-refractivity contribution in [2.24, 2.45) is 0 Å². The van der Waals surface area contributed by atoms with Gasteiger partial charge in [-0.3, -0.25) is 4.98 Å². The molecule has 1 atom stereocenters. The first kappa shape index (κ1) is 9.00. The number of nitrogens with zero attached hydrogens (tertiary/aromatic N) is 1. The van der Waals surface area contributed by atoms with Gasteiger partial charge in [0, 0.05) is 12.1 Å². The van der Waals surface area contributed by atoms with E-state index in [1.807, 2.05) is 18.3 Å². The largest absolute Gasteiger partial charge is 0.495 e.